The third-order valence-electron chi connectivity index (χ3n) is 8.44. The minimum Gasteiger partial charge on any atom is -0.357 e. The van der Waals surface area contributed by atoms with Crippen LogP contribution in [0.3, 0.4) is 0 Å². The first-order valence-corrected chi connectivity index (χ1v) is 14.7. The Kier molecular flexibility index (Phi) is 7.09. The quantitative estimate of drug-likeness (QED) is 0.179. The first kappa shape index (κ1) is 25.7. The average Bonchev–Trinajstić information content (AvgIpc) is 3.64. The molecule has 0 fully saturated rings. The number of para-hydroxylation sites is 3. The highest BCUT2D eigenvalue weighted by Gasteiger charge is 2.28. The molecule has 2 atom stereocenters. The minimum absolute atomic E-state index is 0.236. The molecule has 3 aromatic carbocycles. The number of benzene rings is 3. The van der Waals surface area contributed by atoms with Crippen molar-refractivity contribution < 1.29 is 0 Å². The van der Waals surface area contributed by atoms with Crippen molar-refractivity contribution >= 4 is 21.9 Å². The van der Waals surface area contributed by atoms with Crippen molar-refractivity contribution in [3.05, 3.63) is 131 Å². The number of imidazole rings is 1. The van der Waals surface area contributed by atoms with Crippen LogP contribution in [0.15, 0.2) is 97.2 Å². The topological polar surface area (TPSA) is 72.6 Å². The number of nitrogens with one attached hydrogen (secondary N) is 3. The summed E-state index contributed by atoms with van der Waals surface area (Å²) in [5.41, 5.74) is 9.69. The summed E-state index contributed by atoms with van der Waals surface area (Å²) in [6.07, 6.45) is 5.34. The number of nitrogens with zero attached hydrogens (tertiary/aromatic N) is 3. The molecule has 0 radical (unpaired) electrons. The van der Waals surface area contributed by atoms with Crippen molar-refractivity contribution in [3.8, 4) is 0 Å². The lowest BCUT2D eigenvalue weighted by Gasteiger charge is -2.34. The van der Waals surface area contributed by atoms with Gasteiger partial charge in [-0.15, -0.1) is 0 Å². The molecule has 0 saturated carbocycles. The number of rotatable bonds is 9. The average molecular weight is 541 g/mol. The van der Waals surface area contributed by atoms with Crippen molar-refractivity contribution in [2.45, 2.75) is 57.9 Å². The number of hydrogen-bond acceptors (Lipinski definition) is 4. The Hall–Kier alpha value is -4.26. The van der Waals surface area contributed by atoms with Gasteiger partial charge in [0.05, 0.1) is 29.3 Å². The van der Waals surface area contributed by atoms with Gasteiger partial charge in [0.25, 0.3) is 0 Å². The summed E-state index contributed by atoms with van der Waals surface area (Å²) in [4.78, 5) is 19.4. The Morgan fingerprint density at radius 3 is 2.54 bits per heavy atom. The van der Waals surface area contributed by atoms with Crippen LogP contribution in [0.5, 0.6) is 0 Å². The second-order valence-corrected chi connectivity index (χ2v) is 11.3. The fraction of sp³-hybridized carbons (Fsp3) is 0.257. The van der Waals surface area contributed by atoms with Gasteiger partial charge in [0.1, 0.15) is 5.82 Å². The van der Waals surface area contributed by atoms with Crippen molar-refractivity contribution in [1.82, 2.24) is 30.2 Å². The lowest BCUT2D eigenvalue weighted by molar-refractivity contribution is 0.153. The van der Waals surface area contributed by atoms with Crippen molar-refractivity contribution in [3.63, 3.8) is 0 Å². The zero-order chi connectivity index (χ0) is 27.6. The molecule has 3 aromatic heterocycles. The second kappa shape index (κ2) is 11.3. The molecule has 6 heteroatoms. The highest BCUT2D eigenvalue weighted by atomic mass is 15.2. The number of fused-ring (bicyclic) bond motifs is 3. The normalized spacial score (nSPS) is 15.9. The number of aryl methyl sites for hydroxylation is 1. The zero-order valence-corrected chi connectivity index (χ0v) is 23.5. The summed E-state index contributed by atoms with van der Waals surface area (Å²) in [6.45, 7) is 4.63. The third kappa shape index (κ3) is 5.53. The SMILES string of the molecule is CC(NCc1ccc(CN(Cc2nc3ccccc3[nH]2)C2CCCc3cccnc32)cc1)c1cc2ccccc2[nH]1. The van der Waals surface area contributed by atoms with Gasteiger partial charge in [0, 0.05) is 36.5 Å². The van der Waals surface area contributed by atoms with Gasteiger partial charge < -0.3 is 15.3 Å². The molecule has 6 aromatic rings. The standard InChI is InChI=1S/C35H36N6/c1-24(32-20-28-8-2-3-11-29(28)38-32)37-21-25-15-17-26(18-16-25)22-41(23-34-39-30-12-4-5-13-31(30)40-34)33-14-6-9-27-10-7-19-36-35(27)33/h2-5,7-8,10-13,15-20,24,33,37-38H,6,9,14,21-23H2,1H3,(H,39,40). The van der Waals surface area contributed by atoms with E-state index in [0.717, 1.165) is 49.3 Å². The summed E-state index contributed by atoms with van der Waals surface area (Å²) < 4.78 is 0. The Morgan fingerprint density at radius 2 is 1.68 bits per heavy atom. The van der Waals surface area contributed by atoms with Crippen LogP contribution in [0, 0.1) is 0 Å². The van der Waals surface area contributed by atoms with E-state index >= 15 is 0 Å². The summed E-state index contributed by atoms with van der Waals surface area (Å²) >= 11 is 0. The van der Waals surface area contributed by atoms with Gasteiger partial charge in [-0.05, 0) is 78.6 Å². The summed E-state index contributed by atoms with van der Waals surface area (Å²) in [5, 5.41) is 4.94. The molecule has 2 unspecified atom stereocenters. The van der Waals surface area contributed by atoms with Crippen molar-refractivity contribution in [2.24, 2.45) is 0 Å². The first-order valence-electron chi connectivity index (χ1n) is 14.7. The van der Waals surface area contributed by atoms with E-state index in [2.05, 4.69) is 112 Å². The minimum atomic E-state index is 0.236. The van der Waals surface area contributed by atoms with E-state index in [9.17, 15) is 0 Å². The molecule has 0 bridgehead atoms. The van der Waals surface area contributed by atoms with Gasteiger partial charge in [-0.25, -0.2) is 4.98 Å². The van der Waals surface area contributed by atoms with E-state index in [-0.39, 0.29) is 12.1 Å². The summed E-state index contributed by atoms with van der Waals surface area (Å²) in [7, 11) is 0. The maximum Gasteiger partial charge on any atom is 0.121 e. The van der Waals surface area contributed by atoms with Crippen LogP contribution in [0.4, 0.5) is 0 Å². The van der Waals surface area contributed by atoms with Crippen LogP contribution in [0.2, 0.25) is 0 Å². The van der Waals surface area contributed by atoms with E-state index in [1.54, 1.807) is 0 Å². The molecule has 7 rings (SSSR count). The highest BCUT2D eigenvalue weighted by molar-refractivity contribution is 5.80. The lowest BCUT2D eigenvalue weighted by Crippen LogP contribution is -2.31. The molecular formula is C35H36N6. The van der Waals surface area contributed by atoms with E-state index in [1.807, 2.05) is 12.3 Å². The molecule has 3 heterocycles. The Bertz CT molecular complexity index is 1700. The van der Waals surface area contributed by atoms with E-state index in [0.29, 0.717) is 0 Å². The molecule has 0 spiro atoms. The first-order chi connectivity index (χ1) is 20.2. The molecule has 0 aliphatic heterocycles. The Morgan fingerprint density at radius 1 is 0.878 bits per heavy atom. The molecule has 1 aliphatic rings. The molecule has 206 valence electrons. The molecule has 0 saturated heterocycles. The van der Waals surface area contributed by atoms with Crippen LogP contribution in [0.25, 0.3) is 21.9 Å². The number of aromatic nitrogens is 4. The molecule has 3 N–H and O–H groups in total. The highest BCUT2D eigenvalue weighted by Crippen LogP contribution is 2.35. The van der Waals surface area contributed by atoms with Crippen molar-refractivity contribution in [1.29, 1.82) is 0 Å². The Balaban J connectivity index is 1.07. The predicted octanol–water partition coefficient (Wildman–Crippen LogP) is 7.37. The maximum atomic E-state index is 4.91. The van der Waals surface area contributed by atoms with Gasteiger partial charge in [-0.3, -0.25) is 9.88 Å². The van der Waals surface area contributed by atoms with E-state index in [4.69, 9.17) is 9.97 Å². The summed E-state index contributed by atoms with van der Waals surface area (Å²) in [5.74, 6) is 1.00. The number of pyridine rings is 1. The fourth-order valence-electron chi connectivity index (χ4n) is 6.20. The molecule has 1 aliphatic carbocycles. The number of hydrogen-bond donors (Lipinski definition) is 3. The summed E-state index contributed by atoms with van der Waals surface area (Å²) in [6, 6.07) is 32.8. The molecule has 41 heavy (non-hydrogen) atoms. The largest absolute Gasteiger partial charge is 0.357 e. The van der Waals surface area contributed by atoms with Crippen LogP contribution < -0.4 is 5.32 Å². The lowest BCUT2D eigenvalue weighted by atomic mass is 9.90. The zero-order valence-electron chi connectivity index (χ0n) is 23.5. The number of H-pyrrole nitrogens is 2. The van der Waals surface area contributed by atoms with E-state index in [1.165, 1.54) is 45.4 Å². The fourth-order valence-corrected chi connectivity index (χ4v) is 6.20. The van der Waals surface area contributed by atoms with Gasteiger partial charge in [-0.2, -0.15) is 0 Å². The van der Waals surface area contributed by atoms with Crippen LogP contribution >= 0.6 is 0 Å². The van der Waals surface area contributed by atoms with Crippen LogP contribution in [-0.4, -0.2) is 24.8 Å². The second-order valence-electron chi connectivity index (χ2n) is 11.3. The van der Waals surface area contributed by atoms with Crippen LogP contribution in [0.1, 0.15) is 65.8 Å². The smallest absolute Gasteiger partial charge is 0.121 e. The van der Waals surface area contributed by atoms with Gasteiger partial charge >= 0.3 is 0 Å². The Labute approximate surface area is 240 Å². The predicted molar refractivity (Wildman–Crippen MR) is 165 cm³/mol. The van der Waals surface area contributed by atoms with Gasteiger partial charge in [0.15, 0.2) is 0 Å². The van der Waals surface area contributed by atoms with Gasteiger partial charge in [-0.1, -0.05) is 60.7 Å². The number of aromatic amines is 2. The molecule has 0 amide bonds. The van der Waals surface area contributed by atoms with Gasteiger partial charge in [0.2, 0.25) is 0 Å². The van der Waals surface area contributed by atoms with E-state index < -0.39 is 0 Å². The van der Waals surface area contributed by atoms with Crippen LogP contribution in [-0.2, 0) is 26.1 Å². The third-order valence-corrected chi connectivity index (χ3v) is 8.44. The molecule has 6 nitrogen and oxygen atoms in total. The van der Waals surface area contributed by atoms with Crippen molar-refractivity contribution in [2.75, 3.05) is 0 Å². The molecular weight excluding hydrogens is 504 g/mol. The monoisotopic (exact) mass is 540 g/mol. The maximum absolute atomic E-state index is 4.91.